The van der Waals surface area contributed by atoms with Crippen molar-refractivity contribution in [1.82, 2.24) is 0 Å². The number of hydrogen-bond acceptors (Lipinski definition) is 7. The van der Waals surface area contributed by atoms with Gasteiger partial charge in [-0.25, -0.2) is 4.79 Å². The first-order valence-corrected chi connectivity index (χ1v) is 8.25. The van der Waals surface area contributed by atoms with Crippen LogP contribution in [0.1, 0.15) is 35.7 Å². The standard InChI is InChI=1S/C19H23NO6/c1-11-5-3-7-15(21)18(23)16(22)8-4-6-12-9-13(25-2)10-14(20)17(12)19(24)26-11/h3-4,6-7,9-11,16,18,22-23H,5,8,20H2,1-2H3/b6-4?,7-3-/t11-,16-,18+/m0/s1. The highest BCUT2D eigenvalue weighted by Crippen LogP contribution is 2.27. The number of ether oxygens (including phenoxy) is 2. The van der Waals surface area contributed by atoms with Gasteiger partial charge < -0.3 is 25.4 Å². The molecule has 26 heavy (non-hydrogen) atoms. The van der Waals surface area contributed by atoms with Gasteiger partial charge >= 0.3 is 5.97 Å². The van der Waals surface area contributed by atoms with Crippen molar-refractivity contribution < 1.29 is 29.3 Å². The molecule has 2 rings (SSSR count). The van der Waals surface area contributed by atoms with Crippen molar-refractivity contribution in [2.45, 2.75) is 38.1 Å². The molecule has 0 aromatic heterocycles. The van der Waals surface area contributed by atoms with Crippen LogP contribution in [0.25, 0.3) is 6.08 Å². The number of aliphatic hydroxyl groups is 2. The van der Waals surface area contributed by atoms with E-state index in [4.69, 9.17) is 15.2 Å². The van der Waals surface area contributed by atoms with Gasteiger partial charge in [0.25, 0.3) is 0 Å². The monoisotopic (exact) mass is 361 g/mol. The number of carbonyl (C=O) groups excluding carboxylic acids is 2. The molecule has 7 nitrogen and oxygen atoms in total. The minimum atomic E-state index is -1.52. The van der Waals surface area contributed by atoms with Crippen molar-refractivity contribution in [3.63, 3.8) is 0 Å². The number of ketones is 1. The molecular formula is C19H23NO6. The number of esters is 1. The molecule has 0 amide bonds. The summed E-state index contributed by atoms with van der Waals surface area (Å²) in [6, 6.07) is 3.15. The topological polar surface area (TPSA) is 119 Å². The Morgan fingerprint density at radius 2 is 1.85 bits per heavy atom. The van der Waals surface area contributed by atoms with Crippen LogP contribution in [-0.4, -0.2) is 47.4 Å². The Balaban J connectivity index is 2.45. The Morgan fingerprint density at radius 3 is 2.54 bits per heavy atom. The van der Waals surface area contributed by atoms with Crippen LogP contribution in [0, 0.1) is 0 Å². The van der Waals surface area contributed by atoms with Gasteiger partial charge in [0.05, 0.1) is 24.5 Å². The molecule has 1 aliphatic rings. The number of rotatable bonds is 1. The van der Waals surface area contributed by atoms with E-state index < -0.39 is 30.1 Å². The summed E-state index contributed by atoms with van der Waals surface area (Å²) < 4.78 is 10.6. The van der Waals surface area contributed by atoms with Gasteiger partial charge in [-0.15, -0.1) is 0 Å². The zero-order valence-corrected chi connectivity index (χ0v) is 14.7. The van der Waals surface area contributed by atoms with Crippen molar-refractivity contribution in [2.24, 2.45) is 0 Å². The third kappa shape index (κ3) is 4.71. The van der Waals surface area contributed by atoms with E-state index in [1.54, 1.807) is 25.1 Å². The number of nitrogens with two attached hydrogens (primary N) is 1. The number of anilines is 1. The van der Waals surface area contributed by atoms with Crippen molar-refractivity contribution >= 4 is 23.5 Å². The lowest BCUT2D eigenvalue weighted by Crippen LogP contribution is -2.32. The van der Waals surface area contributed by atoms with Gasteiger partial charge in [0, 0.05) is 12.5 Å². The number of fused-ring (bicyclic) bond motifs is 1. The average molecular weight is 361 g/mol. The van der Waals surface area contributed by atoms with Crippen LogP contribution in [0.4, 0.5) is 5.69 Å². The predicted octanol–water partition coefficient (Wildman–Crippen LogP) is 1.48. The number of benzene rings is 1. The van der Waals surface area contributed by atoms with Crippen LogP contribution in [0.3, 0.4) is 0 Å². The predicted molar refractivity (Wildman–Crippen MR) is 96.7 cm³/mol. The number of carbonyl (C=O) groups is 2. The number of methoxy groups -OCH3 is 1. The van der Waals surface area contributed by atoms with Crippen LogP contribution in [-0.2, 0) is 9.53 Å². The Hall–Kier alpha value is -2.64. The van der Waals surface area contributed by atoms with Crippen molar-refractivity contribution in [1.29, 1.82) is 0 Å². The summed E-state index contributed by atoms with van der Waals surface area (Å²) >= 11 is 0. The lowest BCUT2D eigenvalue weighted by atomic mass is 10.0. The maximum atomic E-state index is 12.5. The molecule has 0 unspecified atom stereocenters. The Labute approximate surface area is 151 Å². The third-order valence-electron chi connectivity index (χ3n) is 4.00. The van der Waals surface area contributed by atoms with Crippen molar-refractivity contribution in [3.8, 4) is 5.75 Å². The summed E-state index contributed by atoms with van der Waals surface area (Å²) in [7, 11) is 1.48. The quantitative estimate of drug-likeness (QED) is 0.512. The van der Waals surface area contributed by atoms with Gasteiger partial charge in [-0.3, -0.25) is 4.79 Å². The molecule has 0 saturated carbocycles. The van der Waals surface area contributed by atoms with Gasteiger partial charge in [0.2, 0.25) is 0 Å². The van der Waals surface area contributed by atoms with E-state index >= 15 is 0 Å². The highest BCUT2D eigenvalue weighted by molar-refractivity contribution is 5.99. The number of nitrogen functional groups attached to an aromatic ring is 1. The minimum absolute atomic E-state index is 0.0166. The van der Waals surface area contributed by atoms with Gasteiger partial charge in [-0.05, 0) is 31.1 Å². The van der Waals surface area contributed by atoms with E-state index in [9.17, 15) is 19.8 Å². The van der Waals surface area contributed by atoms with Crippen molar-refractivity contribution in [3.05, 3.63) is 41.5 Å². The fraction of sp³-hybridized carbons (Fsp3) is 0.368. The highest BCUT2D eigenvalue weighted by Gasteiger charge is 2.23. The van der Waals surface area contributed by atoms with Crippen LogP contribution >= 0.6 is 0 Å². The molecule has 1 heterocycles. The summed E-state index contributed by atoms with van der Waals surface area (Å²) in [5.41, 5.74) is 6.86. The van der Waals surface area contributed by atoms with E-state index in [-0.39, 0.29) is 24.1 Å². The van der Waals surface area contributed by atoms with Gasteiger partial charge in [0.1, 0.15) is 18.0 Å². The summed E-state index contributed by atoms with van der Waals surface area (Å²) in [5, 5.41) is 19.8. The molecule has 3 atom stereocenters. The molecule has 4 N–H and O–H groups in total. The molecule has 0 fully saturated rings. The summed E-state index contributed by atoms with van der Waals surface area (Å²) in [6.07, 6.45) is 2.80. The van der Waals surface area contributed by atoms with Crippen LogP contribution in [0.2, 0.25) is 0 Å². The van der Waals surface area contributed by atoms with Gasteiger partial charge in [-0.2, -0.15) is 0 Å². The lowest BCUT2D eigenvalue weighted by Gasteiger charge is -2.17. The first-order chi connectivity index (χ1) is 12.3. The SMILES string of the molecule is COc1cc(N)c2c(c1)C=CC[C@H](O)[C@H](O)C(=O)/C=C\C[C@H](C)OC2=O. The average Bonchev–Trinajstić information content (AvgIpc) is 2.59. The first-order valence-electron chi connectivity index (χ1n) is 8.25. The zero-order valence-electron chi connectivity index (χ0n) is 14.7. The fourth-order valence-corrected chi connectivity index (χ4v) is 2.56. The Morgan fingerprint density at radius 1 is 1.15 bits per heavy atom. The summed E-state index contributed by atoms with van der Waals surface area (Å²) in [4.78, 5) is 24.4. The molecule has 1 aromatic carbocycles. The number of cyclic esters (lactones) is 1. The normalized spacial score (nSPS) is 25.8. The fourth-order valence-electron chi connectivity index (χ4n) is 2.56. The summed E-state index contributed by atoms with van der Waals surface area (Å²) in [5.74, 6) is -0.728. The van der Waals surface area contributed by atoms with Crippen LogP contribution in [0.15, 0.2) is 30.4 Å². The first kappa shape index (κ1) is 19.7. The molecule has 140 valence electrons. The van der Waals surface area contributed by atoms with E-state index in [0.29, 0.717) is 11.3 Å². The van der Waals surface area contributed by atoms with Crippen molar-refractivity contribution in [2.75, 3.05) is 12.8 Å². The molecule has 0 spiro atoms. The second-order valence-electron chi connectivity index (χ2n) is 6.09. The lowest BCUT2D eigenvalue weighted by molar-refractivity contribution is -0.127. The molecule has 0 saturated heterocycles. The molecule has 0 bridgehead atoms. The molecule has 0 aliphatic carbocycles. The second kappa shape index (κ2) is 8.64. The molecular weight excluding hydrogens is 338 g/mol. The van der Waals surface area contributed by atoms with E-state index in [0.717, 1.165) is 0 Å². The van der Waals surface area contributed by atoms with Gasteiger partial charge in [0.15, 0.2) is 5.78 Å². The van der Waals surface area contributed by atoms with E-state index in [1.165, 1.54) is 25.3 Å². The smallest absolute Gasteiger partial charge is 0.341 e. The number of aliphatic hydroxyl groups excluding tert-OH is 2. The van der Waals surface area contributed by atoms with Gasteiger partial charge in [-0.1, -0.05) is 18.2 Å². The second-order valence-corrected chi connectivity index (χ2v) is 6.09. The maximum absolute atomic E-state index is 12.5. The van der Waals surface area contributed by atoms with Crippen LogP contribution in [0.5, 0.6) is 5.75 Å². The maximum Gasteiger partial charge on any atom is 0.341 e. The minimum Gasteiger partial charge on any atom is -0.497 e. The highest BCUT2D eigenvalue weighted by atomic mass is 16.5. The molecule has 1 aliphatic heterocycles. The van der Waals surface area contributed by atoms with E-state index in [2.05, 4.69) is 0 Å². The zero-order chi connectivity index (χ0) is 19.3. The summed E-state index contributed by atoms with van der Waals surface area (Å²) in [6.45, 7) is 1.68. The third-order valence-corrected chi connectivity index (χ3v) is 4.00. The van der Waals surface area contributed by atoms with E-state index in [1.807, 2.05) is 0 Å². The molecule has 0 radical (unpaired) electrons. The Kier molecular flexibility index (Phi) is 6.54. The molecule has 7 heteroatoms. The Bertz CT molecular complexity index is 740. The number of hydrogen-bond donors (Lipinski definition) is 3. The van der Waals surface area contributed by atoms with Crippen LogP contribution < -0.4 is 10.5 Å². The molecule has 1 aromatic rings. The largest absolute Gasteiger partial charge is 0.497 e.